The van der Waals surface area contributed by atoms with E-state index in [1.807, 2.05) is 42.5 Å². The largest absolute Gasteiger partial charge is 0.300 e. The van der Waals surface area contributed by atoms with E-state index in [0.29, 0.717) is 5.71 Å². The zero-order chi connectivity index (χ0) is 9.80. The Bertz CT molecular complexity index is 385. The molecule has 0 fully saturated rings. The van der Waals surface area contributed by atoms with Crippen molar-refractivity contribution in [2.75, 3.05) is 0 Å². The second kappa shape index (κ2) is 4.05. The number of rotatable bonds is 2. The molecule has 0 saturated heterocycles. The molecule has 1 aromatic carbocycles. The molecule has 1 aliphatic carbocycles. The van der Waals surface area contributed by atoms with E-state index in [4.69, 9.17) is 5.41 Å². The fourth-order valence-electron chi connectivity index (χ4n) is 1.60. The van der Waals surface area contributed by atoms with E-state index < -0.39 is 0 Å². The van der Waals surface area contributed by atoms with Crippen molar-refractivity contribution in [3.8, 4) is 0 Å². The number of allylic oxidation sites excluding steroid dienone is 4. The molecule has 0 spiro atoms. The summed E-state index contributed by atoms with van der Waals surface area (Å²) in [5.41, 5.74) is 2.81. The predicted molar refractivity (Wildman–Crippen MR) is 59.7 cm³/mol. The summed E-state index contributed by atoms with van der Waals surface area (Å²) in [6.45, 7) is 0. The van der Waals surface area contributed by atoms with Crippen molar-refractivity contribution in [3.63, 3.8) is 0 Å². The van der Waals surface area contributed by atoms with Gasteiger partial charge in [-0.3, -0.25) is 5.41 Å². The van der Waals surface area contributed by atoms with Gasteiger partial charge >= 0.3 is 0 Å². The Morgan fingerprint density at radius 1 is 1.14 bits per heavy atom. The van der Waals surface area contributed by atoms with E-state index in [-0.39, 0.29) is 0 Å². The van der Waals surface area contributed by atoms with Gasteiger partial charge in [0.25, 0.3) is 0 Å². The van der Waals surface area contributed by atoms with E-state index in [0.717, 1.165) is 24.0 Å². The van der Waals surface area contributed by atoms with Crippen LogP contribution in [-0.2, 0) is 0 Å². The second-order valence-electron chi connectivity index (χ2n) is 3.40. The van der Waals surface area contributed by atoms with Crippen molar-refractivity contribution < 1.29 is 0 Å². The number of hydrogen-bond acceptors (Lipinski definition) is 1. The minimum atomic E-state index is 0.662. The van der Waals surface area contributed by atoms with E-state index in [2.05, 4.69) is 6.08 Å². The van der Waals surface area contributed by atoms with Crippen LogP contribution < -0.4 is 0 Å². The lowest BCUT2D eigenvalue weighted by Crippen LogP contribution is -2.04. The van der Waals surface area contributed by atoms with Crippen molar-refractivity contribution in [2.45, 2.75) is 12.8 Å². The van der Waals surface area contributed by atoms with Crippen LogP contribution in [0, 0.1) is 5.41 Å². The molecule has 0 heterocycles. The Hall–Kier alpha value is -1.63. The highest BCUT2D eigenvalue weighted by molar-refractivity contribution is 6.10. The maximum Gasteiger partial charge on any atom is 0.0644 e. The van der Waals surface area contributed by atoms with Gasteiger partial charge in [-0.15, -0.1) is 0 Å². The molecule has 0 radical (unpaired) electrons. The van der Waals surface area contributed by atoms with Crippen molar-refractivity contribution in [1.29, 1.82) is 5.41 Å². The Labute approximate surface area is 84.3 Å². The minimum Gasteiger partial charge on any atom is -0.300 e. The first-order valence-electron chi connectivity index (χ1n) is 4.88. The van der Waals surface area contributed by atoms with Crippen LogP contribution in [0.2, 0.25) is 0 Å². The lowest BCUT2D eigenvalue weighted by atomic mass is 9.96. The van der Waals surface area contributed by atoms with Crippen LogP contribution in [0.1, 0.15) is 18.4 Å². The molecule has 0 bridgehead atoms. The minimum absolute atomic E-state index is 0.662. The molecular formula is C13H13N. The summed E-state index contributed by atoms with van der Waals surface area (Å²) in [6, 6.07) is 9.90. The van der Waals surface area contributed by atoms with E-state index in [9.17, 15) is 0 Å². The highest BCUT2D eigenvalue weighted by Gasteiger charge is 2.07. The van der Waals surface area contributed by atoms with Crippen LogP contribution in [0.3, 0.4) is 0 Å². The smallest absolute Gasteiger partial charge is 0.0644 e. The lowest BCUT2D eigenvalue weighted by Gasteiger charge is -2.10. The first-order valence-corrected chi connectivity index (χ1v) is 4.88. The molecule has 0 amide bonds. The molecule has 1 aliphatic rings. The van der Waals surface area contributed by atoms with Gasteiger partial charge in [0.2, 0.25) is 0 Å². The number of nitrogens with one attached hydrogen (secondary N) is 1. The Balaban J connectivity index is 2.24. The Morgan fingerprint density at radius 3 is 2.57 bits per heavy atom. The van der Waals surface area contributed by atoms with Crippen LogP contribution in [0.5, 0.6) is 0 Å². The van der Waals surface area contributed by atoms with E-state index >= 15 is 0 Å². The summed E-state index contributed by atoms with van der Waals surface area (Å²) >= 11 is 0. The topological polar surface area (TPSA) is 23.9 Å². The fraction of sp³-hybridized carbons (Fsp3) is 0.154. The summed E-state index contributed by atoms with van der Waals surface area (Å²) in [6.07, 6.45) is 8.27. The molecular weight excluding hydrogens is 170 g/mol. The standard InChI is InChI=1S/C13H13N/c14-13(11-7-3-1-4-8-11)12-9-5-2-6-10-12/h1-5,7-9,14H,6,10H2. The maximum atomic E-state index is 8.02. The summed E-state index contributed by atoms with van der Waals surface area (Å²) < 4.78 is 0. The lowest BCUT2D eigenvalue weighted by molar-refractivity contribution is 1.00. The number of benzene rings is 1. The number of hydrogen-bond donors (Lipinski definition) is 1. The van der Waals surface area contributed by atoms with Crippen molar-refractivity contribution in [2.24, 2.45) is 0 Å². The monoisotopic (exact) mass is 183 g/mol. The Morgan fingerprint density at radius 2 is 1.93 bits per heavy atom. The first kappa shape index (κ1) is 8.95. The summed E-state index contributed by atoms with van der Waals surface area (Å²) in [5.74, 6) is 0. The Kier molecular flexibility index (Phi) is 2.59. The zero-order valence-electron chi connectivity index (χ0n) is 8.03. The quantitative estimate of drug-likeness (QED) is 0.680. The van der Waals surface area contributed by atoms with Gasteiger partial charge in [-0.05, 0) is 24.0 Å². The second-order valence-corrected chi connectivity index (χ2v) is 3.40. The molecule has 70 valence electrons. The molecule has 0 aromatic heterocycles. The first-order chi connectivity index (χ1) is 6.88. The van der Waals surface area contributed by atoms with Gasteiger partial charge in [-0.2, -0.15) is 0 Å². The normalized spacial score (nSPS) is 15.0. The molecule has 1 N–H and O–H groups in total. The summed E-state index contributed by atoms with van der Waals surface area (Å²) in [5, 5.41) is 8.02. The van der Waals surface area contributed by atoms with Gasteiger partial charge in [0.15, 0.2) is 0 Å². The molecule has 0 saturated carbocycles. The highest BCUT2D eigenvalue weighted by Crippen LogP contribution is 2.16. The van der Waals surface area contributed by atoms with Crippen LogP contribution in [0.15, 0.2) is 54.1 Å². The molecule has 14 heavy (non-hydrogen) atoms. The molecule has 2 rings (SSSR count). The summed E-state index contributed by atoms with van der Waals surface area (Å²) in [7, 11) is 0. The van der Waals surface area contributed by atoms with Gasteiger partial charge in [-0.25, -0.2) is 0 Å². The van der Waals surface area contributed by atoms with Gasteiger partial charge in [0.05, 0.1) is 5.71 Å². The molecule has 1 heteroatoms. The molecule has 1 nitrogen and oxygen atoms in total. The van der Waals surface area contributed by atoms with Crippen molar-refractivity contribution >= 4 is 5.71 Å². The molecule has 0 aliphatic heterocycles. The third-order valence-corrected chi connectivity index (χ3v) is 2.40. The third kappa shape index (κ3) is 1.82. The predicted octanol–water partition coefficient (Wildman–Crippen LogP) is 3.33. The molecule has 0 unspecified atom stereocenters. The average molecular weight is 183 g/mol. The van der Waals surface area contributed by atoms with Crippen LogP contribution in [0.4, 0.5) is 0 Å². The van der Waals surface area contributed by atoms with Gasteiger partial charge < -0.3 is 0 Å². The third-order valence-electron chi connectivity index (χ3n) is 2.40. The fourth-order valence-corrected chi connectivity index (χ4v) is 1.60. The van der Waals surface area contributed by atoms with E-state index in [1.54, 1.807) is 0 Å². The van der Waals surface area contributed by atoms with Crippen LogP contribution in [-0.4, -0.2) is 5.71 Å². The van der Waals surface area contributed by atoms with E-state index in [1.165, 1.54) is 0 Å². The molecule has 1 aromatic rings. The maximum absolute atomic E-state index is 8.02. The average Bonchev–Trinajstić information content (AvgIpc) is 2.30. The van der Waals surface area contributed by atoms with Gasteiger partial charge in [0.1, 0.15) is 0 Å². The summed E-state index contributed by atoms with van der Waals surface area (Å²) in [4.78, 5) is 0. The van der Waals surface area contributed by atoms with Gasteiger partial charge in [-0.1, -0.05) is 48.6 Å². The highest BCUT2D eigenvalue weighted by atomic mass is 14.4. The SMILES string of the molecule is N=C(C1=CC=CCC1)c1ccccc1. The van der Waals surface area contributed by atoms with Crippen LogP contribution >= 0.6 is 0 Å². The molecule has 0 atom stereocenters. The zero-order valence-corrected chi connectivity index (χ0v) is 8.03. The van der Waals surface area contributed by atoms with Crippen molar-refractivity contribution in [1.82, 2.24) is 0 Å². The van der Waals surface area contributed by atoms with Gasteiger partial charge in [0, 0.05) is 0 Å². The van der Waals surface area contributed by atoms with Crippen molar-refractivity contribution in [3.05, 3.63) is 59.7 Å². The van der Waals surface area contributed by atoms with Crippen LogP contribution in [0.25, 0.3) is 0 Å².